The molecule has 10 rings (SSSR count). The first-order valence-corrected chi connectivity index (χ1v) is 16.4. The Morgan fingerprint density at radius 1 is 0.347 bits per heavy atom. The second-order valence-electron chi connectivity index (χ2n) is 12.4. The van der Waals surface area contributed by atoms with Crippen molar-refractivity contribution in [2.75, 3.05) is 0 Å². The second-order valence-corrected chi connectivity index (χ2v) is 12.4. The summed E-state index contributed by atoms with van der Waals surface area (Å²) >= 11 is 0. The maximum atomic E-state index is 6.78. The number of hydrogen-bond acceptors (Lipinski definition) is 4. The van der Waals surface area contributed by atoms with E-state index in [9.17, 15) is 0 Å². The lowest BCUT2D eigenvalue weighted by Crippen LogP contribution is -2.01. The summed E-state index contributed by atoms with van der Waals surface area (Å²) in [5.74, 6) is 1.85. The monoisotopic (exact) mass is 625 g/mol. The highest BCUT2D eigenvalue weighted by Gasteiger charge is 2.22. The van der Waals surface area contributed by atoms with Gasteiger partial charge in [0.25, 0.3) is 0 Å². The number of fused-ring (bicyclic) bond motifs is 6. The van der Waals surface area contributed by atoms with E-state index >= 15 is 0 Å². The molecule has 0 spiro atoms. The van der Waals surface area contributed by atoms with Crippen LogP contribution in [0.5, 0.6) is 0 Å². The third-order valence-electron chi connectivity index (χ3n) is 9.51. The fourth-order valence-corrected chi connectivity index (χ4v) is 7.17. The van der Waals surface area contributed by atoms with E-state index in [1.54, 1.807) is 0 Å². The van der Waals surface area contributed by atoms with Crippen LogP contribution in [0, 0.1) is 0 Å². The summed E-state index contributed by atoms with van der Waals surface area (Å²) in [4.78, 5) is 15.7. The van der Waals surface area contributed by atoms with Gasteiger partial charge in [-0.25, -0.2) is 15.0 Å². The van der Waals surface area contributed by atoms with E-state index in [4.69, 9.17) is 19.4 Å². The fourth-order valence-electron chi connectivity index (χ4n) is 7.17. The Morgan fingerprint density at radius 2 is 0.837 bits per heavy atom. The van der Waals surface area contributed by atoms with E-state index in [1.807, 2.05) is 6.07 Å². The van der Waals surface area contributed by atoms with Gasteiger partial charge in [-0.15, -0.1) is 0 Å². The molecule has 0 aliphatic heterocycles. The third kappa shape index (κ3) is 4.49. The Balaban J connectivity index is 1.32. The molecule has 0 atom stereocenters. The van der Waals surface area contributed by atoms with Gasteiger partial charge in [0.2, 0.25) is 0 Å². The molecule has 0 saturated carbocycles. The van der Waals surface area contributed by atoms with Gasteiger partial charge < -0.3 is 4.42 Å². The van der Waals surface area contributed by atoms with Crippen LogP contribution in [0.4, 0.5) is 0 Å². The molecule has 0 amide bonds. The average Bonchev–Trinajstić information content (AvgIpc) is 3.54. The number of aromatic nitrogens is 3. The molecule has 4 heteroatoms. The lowest BCUT2D eigenvalue weighted by atomic mass is 9.97. The molecule has 0 saturated heterocycles. The van der Waals surface area contributed by atoms with Crippen LogP contribution in [0.15, 0.2) is 168 Å². The van der Waals surface area contributed by atoms with E-state index in [0.29, 0.717) is 17.5 Å². The summed E-state index contributed by atoms with van der Waals surface area (Å²) in [6.07, 6.45) is 0. The van der Waals surface area contributed by atoms with E-state index < -0.39 is 0 Å². The predicted molar refractivity (Wildman–Crippen MR) is 201 cm³/mol. The summed E-state index contributed by atoms with van der Waals surface area (Å²) in [5.41, 5.74) is 6.58. The van der Waals surface area contributed by atoms with Crippen LogP contribution < -0.4 is 0 Å². The van der Waals surface area contributed by atoms with Gasteiger partial charge in [-0.3, -0.25) is 0 Å². The molecule has 0 fully saturated rings. The second kappa shape index (κ2) is 11.0. The quantitative estimate of drug-likeness (QED) is 0.195. The maximum Gasteiger partial charge on any atom is 0.164 e. The first kappa shape index (κ1) is 27.5. The Morgan fingerprint density at radius 3 is 1.47 bits per heavy atom. The van der Waals surface area contributed by atoms with E-state index in [2.05, 4.69) is 158 Å². The standard InChI is InChI=1S/C45H27N3O/c1-2-12-30(13-3-1)35-24-25-38(41-39-26-31-16-4-5-17-32(31)27-40(39)49-42(35)41)45-47-43(36-22-10-18-28-14-6-8-20-33(28)36)46-44(48-45)37-23-11-19-29-15-7-9-21-34(29)37/h1-27H. The number of furan rings is 1. The Kier molecular flexibility index (Phi) is 6.15. The molecule has 0 unspecified atom stereocenters. The zero-order valence-corrected chi connectivity index (χ0v) is 26.3. The zero-order valence-electron chi connectivity index (χ0n) is 26.3. The largest absolute Gasteiger partial charge is 0.455 e. The molecular weight excluding hydrogens is 599 g/mol. The van der Waals surface area contributed by atoms with Gasteiger partial charge in [-0.2, -0.15) is 0 Å². The van der Waals surface area contributed by atoms with Crippen molar-refractivity contribution in [2.24, 2.45) is 0 Å². The summed E-state index contributed by atoms with van der Waals surface area (Å²) in [6.45, 7) is 0. The topological polar surface area (TPSA) is 51.8 Å². The van der Waals surface area contributed by atoms with Gasteiger partial charge >= 0.3 is 0 Å². The highest BCUT2D eigenvalue weighted by Crippen LogP contribution is 2.43. The van der Waals surface area contributed by atoms with Crippen LogP contribution in [0.25, 0.3) is 99.5 Å². The average molecular weight is 626 g/mol. The first-order chi connectivity index (χ1) is 24.3. The smallest absolute Gasteiger partial charge is 0.164 e. The summed E-state index contributed by atoms with van der Waals surface area (Å²) < 4.78 is 6.78. The van der Waals surface area contributed by atoms with Crippen molar-refractivity contribution in [2.45, 2.75) is 0 Å². The van der Waals surface area contributed by atoms with Crippen LogP contribution >= 0.6 is 0 Å². The number of hydrogen-bond donors (Lipinski definition) is 0. The summed E-state index contributed by atoms with van der Waals surface area (Å²) in [6, 6.07) is 56.8. The molecule has 0 radical (unpaired) electrons. The molecule has 228 valence electrons. The van der Waals surface area contributed by atoms with Crippen LogP contribution in [-0.2, 0) is 0 Å². The van der Waals surface area contributed by atoms with Crippen LogP contribution in [0.2, 0.25) is 0 Å². The molecule has 0 aliphatic rings. The lowest BCUT2D eigenvalue weighted by molar-refractivity contribution is 0.670. The third-order valence-corrected chi connectivity index (χ3v) is 9.51. The minimum Gasteiger partial charge on any atom is -0.455 e. The molecule has 0 N–H and O–H groups in total. The van der Waals surface area contributed by atoms with Gasteiger partial charge in [0, 0.05) is 33.0 Å². The number of nitrogens with zero attached hydrogens (tertiary/aromatic N) is 3. The summed E-state index contributed by atoms with van der Waals surface area (Å²) in [7, 11) is 0. The molecule has 0 aliphatic carbocycles. The SMILES string of the molecule is c1ccc(-c2ccc(-c3nc(-c4cccc5ccccc45)nc(-c4cccc5ccccc45)n3)c3c2oc2cc4ccccc4cc23)cc1. The molecule has 2 heterocycles. The maximum absolute atomic E-state index is 6.78. The lowest BCUT2D eigenvalue weighted by Gasteiger charge is -2.13. The molecule has 8 aromatic carbocycles. The van der Waals surface area contributed by atoms with Gasteiger partial charge in [0.05, 0.1) is 0 Å². The predicted octanol–water partition coefficient (Wildman–Crippen LogP) is 11.9. The molecule has 4 nitrogen and oxygen atoms in total. The van der Waals surface area contributed by atoms with E-state index in [1.165, 1.54) is 0 Å². The van der Waals surface area contributed by atoms with E-state index in [-0.39, 0.29) is 0 Å². The minimum atomic E-state index is 0.598. The van der Waals surface area contributed by atoms with E-state index in [0.717, 1.165) is 82.1 Å². The first-order valence-electron chi connectivity index (χ1n) is 16.4. The summed E-state index contributed by atoms with van der Waals surface area (Å²) in [5, 5.41) is 8.76. The van der Waals surface area contributed by atoms with Crippen molar-refractivity contribution in [1.82, 2.24) is 15.0 Å². The Bertz CT molecular complexity index is 2780. The number of benzene rings is 8. The van der Waals surface area contributed by atoms with Crippen molar-refractivity contribution in [1.29, 1.82) is 0 Å². The fraction of sp³-hybridized carbons (Fsp3) is 0. The van der Waals surface area contributed by atoms with Crippen LogP contribution in [0.1, 0.15) is 0 Å². The van der Waals surface area contributed by atoms with Crippen molar-refractivity contribution in [3.63, 3.8) is 0 Å². The van der Waals surface area contributed by atoms with Crippen molar-refractivity contribution >= 4 is 54.3 Å². The minimum absolute atomic E-state index is 0.598. The van der Waals surface area contributed by atoms with Gasteiger partial charge in [-0.1, -0.05) is 140 Å². The zero-order chi connectivity index (χ0) is 32.3. The normalized spacial score (nSPS) is 11.7. The number of rotatable bonds is 4. The Hall–Kier alpha value is -6.65. The Labute approximate surface area is 282 Å². The molecular formula is C45H27N3O. The van der Waals surface area contributed by atoms with Crippen LogP contribution in [0.3, 0.4) is 0 Å². The van der Waals surface area contributed by atoms with Crippen molar-refractivity contribution in [3.05, 3.63) is 164 Å². The van der Waals surface area contributed by atoms with Gasteiger partial charge in [-0.05, 0) is 62.1 Å². The molecule has 10 aromatic rings. The highest BCUT2D eigenvalue weighted by molar-refractivity contribution is 6.18. The van der Waals surface area contributed by atoms with Crippen molar-refractivity contribution < 1.29 is 4.42 Å². The molecule has 49 heavy (non-hydrogen) atoms. The van der Waals surface area contributed by atoms with Crippen molar-refractivity contribution in [3.8, 4) is 45.3 Å². The molecule has 2 aromatic heterocycles. The highest BCUT2D eigenvalue weighted by atomic mass is 16.3. The van der Waals surface area contributed by atoms with Gasteiger partial charge in [0.1, 0.15) is 11.2 Å². The molecule has 0 bridgehead atoms. The van der Waals surface area contributed by atoms with Gasteiger partial charge in [0.15, 0.2) is 17.5 Å². The van der Waals surface area contributed by atoms with Crippen LogP contribution in [-0.4, -0.2) is 15.0 Å².